The molecule has 0 bridgehead atoms. The van der Waals surface area contributed by atoms with Gasteiger partial charge in [-0.15, -0.1) is 0 Å². The molecule has 0 saturated heterocycles. The van der Waals surface area contributed by atoms with Crippen LogP contribution in [-0.2, 0) is 6.42 Å². The summed E-state index contributed by atoms with van der Waals surface area (Å²) >= 11 is 0. The Kier molecular flexibility index (Phi) is 5.81. The van der Waals surface area contributed by atoms with E-state index in [0.717, 1.165) is 12.2 Å². The minimum Gasteiger partial charge on any atom is -0.493 e. The van der Waals surface area contributed by atoms with E-state index in [1.807, 2.05) is 18.2 Å². The second kappa shape index (κ2) is 8.08. The molecule has 3 nitrogen and oxygen atoms in total. The fourth-order valence-corrected chi connectivity index (χ4v) is 2.10. The molecular weight excluding hydrogens is 260 g/mol. The predicted molar refractivity (Wildman–Crippen MR) is 84.3 cm³/mol. The summed E-state index contributed by atoms with van der Waals surface area (Å²) in [6.07, 6.45) is 1.61. The zero-order valence-corrected chi connectivity index (χ0v) is 12.3. The summed E-state index contributed by atoms with van der Waals surface area (Å²) in [5.74, 6) is 0.847. The summed E-state index contributed by atoms with van der Waals surface area (Å²) < 4.78 is 5.65. The molecule has 0 saturated carbocycles. The van der Waals surface area contributed by atoms with Gasteiger partial charge < -0.3 is 10.1 Å². The minimum absolute atomic E-state index is 0.151. The van der Waals surface area contributed by atoms with E-state index >= 15 is 0 Å². The van der Waals surface area contributed by atoms with Gasteiger partial charge in [0, 0.05) is 6.42 Å². The third-order valence-corrected chi connectivity index (χ3v) is 3.35. The van der Waals surface area contributed by atoms with Crippen LogP contribution >= 0.6 is 0 Å². The monoisotopic (exact) mass is 280 g/mol. The number of nitrogens with one attached hydrogen (secondary N) is 1. The zero-order valence-electron chi connectivity index (χ0n) is 12.3. The first-order chi connectivity index (χ1) is 10.3. The van der Waals surface area contributed by atoms with Crippen molar-refractivity contribution < 1.29 is 4.74 Å². The van der Waals surface area contributed by atoms with Gasteiger partial charge in [0.05, 0.1) is 18.7 Å². The van der Waals surface area contributed by atoms with Crippen molar-refractivity contribution in [3.63, 3.8) is 0 Å². The van der Waals surface area contributed by atoms with Crippen LogP contribution in [0.15, 0.2) is 54.6 Å². The van der Waals surface area contributed by atoms with Gasteiger partial charge in [-0.3, -0.25) is 0 Å². The predicted octanol–water partition coefficient (Wildman–Crippen LogP) is 3.16. The lowest BCUT2D eigenvalue weighted by Gasteiger charge is -2.10. The van der Waals surface area contributed by atoms with Crippen molar-refractivity contribution in [1.82, 2.24) is 5.32 Å². The van der Waals surface area contributed by atoms with E-state index < -0.39 is 0 Å². The molecule has 2 aromatic carbocycles. The van der Waals surface area contributed by atoms with E-state index in [2.05, 4.69) is 47.8 Å². The Hall–Kier alpha value is -2.31. The van der Waals surface area contributed by atoms with Gasteiger partial charge in [0.15, 0.2) is 0 Å². The average Bonchev–Trinajstić information content (AvgIpc) is 2.54. The molecule has 1 N–H and O–H groups in total. The standard InChI is InChI=1S/C18H20N2O/c1-20-17(14-19)11-12-21-18-9-7-16(8-10-18)13-15-5-3-2-4-6-15/h2-10,17,20H,11-13H2,1H3. The highest BCUT2D eigenvalue weighted by atomic mass is 16.5. The van der Waals surface area contributed by atoms with E-state index in [4.69, 9.17) is 10.00 Å². The largest absolute Gasteiger partial charge is 0.493 e. The fourth-order valence-electron chi connectivity index (χ4n) is 2.10. The zero-order chi connectivity index (χ0) is 14.9. The van der Waals surface area contributed by atoms with E-state index in [-0.39, 0.29) is 6.04 Å². The van der Waals surface area contributed by atoms with Crippen molar-refractivity contribution in [2.24, 2.45) is 0 Å². The second-order valence-corrected chi connectivity index (χ2v) is 4.91. The van der Waals surface area contributed by atoms with Crippen LogP contribution in [0.2, 0.25) is 0 Å². The minimum atomic E-state index is -0.151. The molecule has 0 fully saturated rings. The Labute approximate surface area is 126 Å². The van der Waals surface area contributed by atoms with Gasteiger partial charge in [-0.1, -0.05) is 42.5 Å². The van der Waals surface area contributed by atoms with Gasteiger partial charge in [0.25, 0.3) is 0 Å². The Morgan fingerprint density at radius 1 is 1.05 bits per heavy atom. The number of hydrogen-bond donors (Lipinski definition) is 1. The Morgan fingerprint density at radius 2 is 1.71 bits per heavy atom. The molecule has 2 rings (SSSR count). The van der Waals surface area contributed by atoms with Crippen LogP contribution in [0.3, 0.4) is 0 Å². The molecule has 2 aromatic rings. The van der Waals surface area contributed by atoms with Gasteiger partial charge in [-0.05, 0) is 36.7 Å². The molecule has 21 heavy (non-hydrogen) atoms. The second-order valence-electron chi connectivity index (χ2n) is 4.91. The van der Waals surface area contributed by atoms with Crippen LogP contribution in [0, 0.1) is 11.3 Å². The van der Waals surface area contributed by atoms with E-state index in [1.54, 1.807) is 7.05 Å². The molecule has 0 radical (unpaired) electrons. The first-order valence-corrected chi connectivity index (χ1v) is 7.14. The smallest absolute Gasteiger partial charge is 0.119 e. The molecule has 0 aliphatic carbocycles. The van der Waals surface area contributed by atoms with Gasteiger partial charge in [-0.2, -0.15) is 5.26 Å². The van der Waals surface area contributed by atoms with Crippen molar-refractivity contribution in [2.75, 3.05) is 13.7 Å². The molecule has 1 unspecified atom stereocenters. The van der Waals surface area contributed by atoms with E-state index in [1.165, 1.54) is 11.1 Å². The Bertz CT molecular complexity index is 572. The van der Waals surface area contributed by atoms with Crippen LogP contribution in [0.5, 0.6) is 5.75 Å². The van der Waals surface area contributed by atoms with Gasteiger partial charge in [0.1, 0.15) is 5.75 Å². The topological polar surface area (TPSA) is 45.0 Å². The summed E-state index contributed by atoms with van der Waals surface area (Å²) in [6, 6.07) is 20.6. The number of nitrogens with zero attached hydrogens (tertiary/aromatic N) is 1. The number of nitriles is 1. The number of hydrogen-bond acceptors (Lipinski definition) is 3. The average molecular weight is 280 g/mol. The molecule has 0 aliphatic rings. The lowest BCUT2D eigenvalue weighted by atomic mass is 10.1. The van der Waals surface area contributed by atoms with Crippen LogP contribution in [-0.4, -0.2) is 19.7 Å². The molecule has 0 aliphatic heterocycles. The SMILES string of the molecule is CNC(C#N)CCOc1ccc(Cc2ccccc2)cc1. The van der Waals surface area contributed by atoms with Gasteiger partial charge in [0.2, 0.25) is 0 Å². The van der Waals surface area contributed by atoms with E-state index in [9.17, 15) is 0 Å². The third kappa shape index (κ3) is 4.94. The normalized spacial score (nSPS) is 11.6. The molecule has 0 spiro atoms. The molecule has 108 valence electrons. The van der Waals surface area contributed by atoms with Crippen molar-refractivity contribution in [1.29, 1.82) is 5.26 Å². The molecule has 3 heteroatoms. The molecule has 0 amide bonds. The van der Waals surface area contributed by atoms with Gasteiger partial charge >= 0.3 is 0 Å². The number of benzene rings is 2. The lowest BCUT2D eigenvalue weighted by molar-refractivity contribution is 0.300. The maximum absolute atomic E-state index is 8.83. The van der Waals surface area contributed by atoms with Gasteiger partial charge in [-0.25, -0.2) is 0 Å². The van der Waals surface area contributed by atoms with Crippen molar-refractivity contribution in [3.8, 4) is 11.8 Å². The molecule has 0 heterocycles. The number of rotatable bonds is 7. The quantitative estimate of drug-likeness (QED) is 0.847. The van der Waals surface area contributed by atoms with Crippen LogP contribution in [0.25, 0.3) is 0 Å². The van der Waals surface area contributed by atoms with Crippen LogP contribution < -0.4 is 10.1 Å². The maximum Gasteiger partial charge on any atom is 0.119 e. The van der Waals surface area contributed by atoms with Crippen molar-refractivity contribution in [3.05, 3.63) is 65.7 Å². The summed E-state index contributed by atoms with van der Waals surface area (Å²) in [5, 5.41) is 11.8. The Morgan fingerprint density at radius 3 is 2.33 bits per heavy atom. The van der Waals surface area contributed by atoms with E-state index in [0.29, 0.717) is 13.0 Å². The highest BCUT2D eigenvalue weighted by Gasteiger charge is 2.04. The molecule has 1 atom stereocenters. The van der Waals surface area contributed by atoms with Crippen molar-refractivity contribution >= 4 is 0 Å². The maximum atomic E-state index is 8.83. The first-order valence-electron chi connectivity index (χ1n) is 7.14. The van der Waals surface area contributed by atoms with Crippen molar-refractivity contribution in [2.45, 2.75) is 18.9 Å². The lowest BCUT2D eigenvalue weighted by Crippen LogP contribution is -2.25. The summed E-state index contributed by atoms with van der Waals surface area (Å²) in [4.78, 5) is 0. The number of ether oxygens (including phenoxy) is 1. The van der Waals surface area contributed by atoms with Crippen LogP contribution in [0.1, 0.15) is 17.5 Å². The summed E-state index contributed by atoms with van der Waals surface area (Å²) in [5.41, 5.74) is 2.57. The van der Waals surface area contributed by atoms with Crippen LogP contribution in [0.4, 0.5) is 0 Å². The first kappa shape index (κ1) is 15.1. The third-order valence-electron chi connectivity index (χ3n) is 3.35. The summed E-state index contributed by atoms with van der Waals surface area (Å²) in [6.45, 7) is 0.539. The highest BCUT2D eigenvalue weighted by molar-refractivity contribution is 5.31. The Balaban J connectivity index is 1.83. The highest BCUT2D eigenvalue weighted by Crippen LogP contribution is 2.15. The fraction of sp³-hybridized carbons (Fsp3) is 0.278. The molecule has 0 aromatic heterocycles. The molecular formula is C18H20N2O. The summed E-state index contributed by atoms with van der Waals surface area (Å²) in [7, 11) is 1.78.